The molecule has 0 aliphatic heterocycles. The molecule has 0 atom stereocenters. The van der Waals surface area contributed by atoms with Gasteiger partial charge in [-0.25, -0.2) is 9.07 Å². The van der Waals surface area contributed by atoms with Crippen molar-refractivity contribution >= 4 is 17.4 Å². The Labute approximate surface area is 127 Å². The summed E-state index contributed by atoms with van der Waals surface area (Å²) in [5.74, 6) is -0.0956. The quantitative estimate of drug-likeness (QED) is 0.923. The van der Waals surface area contributed by atoms with Gasteiger partial charge >= 0.3 is 0 Å². The van der Waals surface area contributed by atoms with Gasteiger partial charge in [-0.2, -0.15) is 10.4 Å². The van der Waals surface area contributed by atoms with E-state index in [1.54, 1.807) is 10.7 Å². The molecular formula is C15H16ClFN4. The monoisotopic (exact) mass is 306 g/mol. The second-order valence-electron chi connectivity index (χ2n) is 5.86. The van der Waals surface area contributed by atoms with E-state index in [4.69, 9.17) is 17.3 Å². The van der Waals surface area contributed by atoms with Crippen molar-refractivity contribution in [1.82, 2.24) is 9.78 Å². The van der Waals surface area contributed by atoms with E-state index in [1.165, 1.54) is 12.1 Å². The second-order valence-corrected chi connectivity index (χ2v) is 6.29. The summed E-state index contributed by atoms with van der Waals surface area (Å²) in [6, 6.07) is 6.33. The molecule has 0 saturated carbocycles. The first-order chi connectivity index (χ1) is 9.72. The van der Waals surface area contributed by atoms with Gasteiger partial charge in [0.1, 0.15) is 23.3 Å². The van der Waals surface area contributed by atoms with Crippen LogP contribution in [0.2, 0.25) is 5.02 Å². The van der Waals surface area contributed by atoms with Crippen molar-refractivity contribution in [2.75, 3.05) is 5.73 Å². The Bertz CT molecular complexity index is 702. The maximum absolute atomic E-state index is 13.4. The van der Waals surface area contributed by atoms with E-state index >= 15 is 0 Å². The zero-order chi connectivity index (χ0) is 15.8. The van der Waals surface area contributed by atoms with E-state index in [0.717, 1.165) is 0 Å². The van der Waals surface area contributed by atoms with Gasteiger partial charge in [0.25, 0.3) is 0 Å². The van der Waals surface area contributed by atoms with Crippen LogP contribution in [0.5, 0.6) is 0 Å². The number of nitriles is 1. The fourth-order valence-corrected chi connectivity index (χ4v) is 2.39. The SMILES string of the molecule is CC(C)(C)n1nc(Cc2cc(F)cc(Cl)c2)c(C#N)c1N. The summed E-state index contributed by atoms with van der Waals surface area (Å²) in [6.07, 6.45) is 0.299. The molecule has 4 nitrogen and oxygen atoms in total. The maximum atomic E-state index is 13.4. The molecular weight excluding hydrogens is 291 g/mol. The van der Waals surface area contributed by atoms with Crippen molar-refractivity contribution in [3.05, 3.63) is 45.9 Å². The molecule has 0 bridgehead atoms. The number of rotatable bonds is 2. The molecule has 110 valence electrons. The van der Waals surface area contributed by atoms with Crippen molar-refractivity contribution in [1.29, 1.82) is 5.26 Å². The van der Waals surface area contributed by atoms with E-state index in [-0.39, 0.29) is 5.54 Å². The third kappa shape index (κ3) is 3.17. The number of aromatic nitrogens is 2. The lowest BCUT2D eigenvalue weighted by atomic mass is 10.1. The highest BCUT2D eigenvalue weighted by Gasteiger charge is 2.23. The Morgan fingerprint density at radius 3 is 2.57 bits per heavy atom. The molecule has 0 aliphatic carbocycles. The fourth-order valence-electron chi connectivity index (χ4n) is 2.14. The molecule has 2 rings (SSSR count). The Kier molecular flexibility index (Phi) is 3.93. The molecule has 1 aromatic carbocycles. The summed E-state index contributed by atoms with van der Waals surface area (Å²) >= 11 is 5.84. The zero-order valence-electron chi connectivity index (χ0n) is 12.1. The van der Waals surface area contributed by atoms with E-state index in [2.05, 4.69) is 11.2 Å². The summed E-state index contributed by atoms with van der Waals surface area (Å²) in [4.78, 5) is 0. The van der Waals surface area contributed by atoms with Crippen LogP contribution in [0.25, 0.3) is 0 Å². The topological polar surface area (TPSA) is 67.6 Å². The summed E-state index contributed by atoms with van der Waals surface area (Å²) in [6.45, 7) is 5.83. The van der Waals surface area contributed by atoms with Crippen molar-refractivity contribution in [3.63, 3.8) is 0 Å². The summed E-state index contributed by atoms with van der Waals surface area (Å²) in [5, 5.41) is 14.0. The molecule has 0 amide bonds. The second kappa shape index (κ2) is 5.38. The minimum absolute atomic E-state index is 0.299. The van der Waals surface area contributed by atoms with Crippen LogP contribution < -0.4 is 5.73 Å². The lowest BCUT2D eigenvalue weighted by Gasteiger charge is -2.20. The maximum Gasteiger partial charge on any atom is 0.140 e. The number of nitrogen functional groups attached to an aromatic ring is 1. The predicted molar refractivity (Wildman–Crippen MR) is 80.6 cm³/mol. The minimum Gasteiger partial charge on any atom is -0.383 e. The molecule has 21 heavy (non-hydrogen) atoms. The molecule has 2 N–H and O–H groups in total. The number of halogens is 2. The lowest BCUT2D eigenvalue weighted by Crippen LogP contribution is -2.25. The van der Waals surface area contributed by atoms with Gasteiger partial charge in [0.15, 0.2) is 0 Å². The highest BCUT2D eigenvalue weighted by molar-refractivity contribution is 6.30. The average molecular weight is 307 g/mol. The van der Waals surface area contributed by atoms with Crippen LogP contribution in [-0.4, -0.2) is 9.78 Å². The standard InChI is InChI=1S/C15H16ClFN4/c1-15(2,3)21-14(19)12(8-18)13(20-21)6-9-4-10(16)7-11(17)5-9/h4-5,7H,6,19H2,1-3H3. The predicted octanol–water partition coefficient (Wildman–Crippen LogP) is 3.48. The lowest BCUT2D eigenvalue weighted by molar-refractivity contribution is 0.359. The largest absolute Gasteiger partial charge is 0.383 e. The van der Waals surface area contributed by atoms with Crippen LogP contribution in [0.4, 0.5) is 10.2 Å². The Morgan fingerprint density at radius 1 is 1.38 bits per heavy atom. The molecule has 0 saturated heterocycles. The summed E-state index contributed by atoms with van der Waals surface area (Å²) < 4.78 is 15.0. The summed E-state index contributed by atoms with van der Waals surface area (Å²) in [5.41, 5.74) is 7.14. The minimum atomic E-state index is -0.417. The van der Waals surface area contributed by atoms with Crippen molar-refractivity contribution in [2.45, 2.75) is 32.7 Å². The molecule has 0 radical (unpaired) electrons. The number of nitrogens with two attached hydrogens (primary N) is 1. The Morgan fingerprint density at radius 2 is 2.05 bits per heavy atom. The first kappa shape index (κ1) is 15.3. The summed E-state index contributed by atoms with van der Waals surface area (Å²) in [7, 11) is 0. The van der Waals surface area contributed by atoms with E-state index in [0.29, 0.717) is 34.1 Å². The van der Waals surface area contributed by atoms with Gasteiger partial charge in [-0.15, -0.1) is 0 Å². The molecule has 1 heterocycles. The molecule has 0 fully saturated rings. The number of benzene rings is 1. The number of hydrogen-bond acceptors (Lipinski definition) is 3. The smallest absolute Gasteiger partial charge is 0.140 e. The highest BCUT2D eigenvalue weighted by atomic mass is 35.5. The van der Waals surface area contributed by atoms with Crippen molar-refractivity contribution in [2.24, 2.45) is 0 Å². The normalized spacial score (nSPS) is 11.4. The van der Waals surface area contributed by atoms with Gasteiger partial charge < -0.3 is 5.73 Å². The van der Waals surface area contributed by atoms with Crippen LogP contribution in [0.15, 0.2) is 18.2 Å². The van der Waals surface area contributed by atoms with E-state index < -0.39 is 5.82 Å². The van der Waals surface area contributed by atoms with Gasteiger partial charge in [0.2, 0.25) is 0 Å². The van der Waals surface area contributed by atoms with Crippen LogP contribution in [-0.2, 0) is 12.0 Å². The number of hydrogen-bond donors (Lipinski definition) is 1. The molecule has 1 aromatic heterocycles. The van der Waals surface area contributed by atoms with Crippen LogP contribution >= 0.6 is 11.6 Å². The van der Waals surface area contributed by atoms with Crippen LogP contribution in [0.3, 0.4) is 0 Å². The zero-order valence-corrected chi connectivity index (χ0v) is 12.9. The first-order valence-corrected chi connectivity index (χ1v) is 6.83. The van der Waals surface area contributed by atoms with Gasteiger partial charge in [0.05, 0.1) is 11.2 Å². The molecule has 0 aliphatic rings. The Hall–Kier alpha value is -2.06. The van der Waals surface area contributed by atoms with Crippen LogP contribution in [0, 0.1) is 17.1 Å². The van der Waals surface area contributed by atoms with Crippen molar-refractivity contribution in [3.8, 4) is 6.07 Å². The highest BCUT2D eigenvalue weighted by Crippen LogP contribution is 2.26. The third-order valence-corrected chi connectivity index (χ3v) is 3.25. The number of anilines is 1. The van der Waals surface area contributed by atoms with Crippen LogP contribution in [0.1, 0.15) is 37.6 Å². The van der Waals surface area contributed by atoms with Crippen molar-refractivity contribution < 1.29 is 4.39 Å². The van der Waals surface area contributed by atoms with Gasteiger partial charge in [0, 0.05) is 11.4 Å². The molecule has 6 heteroatoms. The molecule has 0 unspecified atom stereocenters. The van der Waals surface area contributed by atoms with E-state index in [1.807, 2.05) is 20.8 Å². The molecule has 2 aromatic rings. The average Bonchev–Trinajstić information content (AvgIpc) is 2.64. The van der Waals surface area contributed by atoms with Gasteiger partial charge in [-0.05, 0) is 44.5 Å². The Balaban J connectivity index is 2.47. The fraction of sp³-hybridized carbons (Fsp3) is 0.333. The third-order valence-electron chi connectivity index (χ3n) is 3.03. The first-order valence-electron chi connectivity index (χ1n) is 6.45. The number of nitrogens with zero attached hydrogens (tertiary/aromatic N) is 3. The van der Waals surface area contributed by atoms with E-state index in [9.17, 15) is 9.65 Å². The van der Waals surface area contributed by atoms with Gasteiger partial charge in [-0.3, -0.25) is 0 Å². The molecule has 0 spiro atoms. The van der Waals surface area contributed by atoms with Gasteiger partial charge in [-0.1, -0.05) is 11.6 Å².